The first-order valence-corrected chi connectivity index (χ1v) is 5.65. The average molecular weight is 256 g/mol. The Morgan fingerprint density at radius 3 is 2.62 bits per heavy atom. The highest BCUT2D eigenvalue weighted by atomic mass is 35.5. The summed E-state index contributed by atoms with van der Waals surface area (Å²) < 4.78 is 0. The summed E-state index contributed by atoms with van der Waals surface area (Å²) in [5.74, 6) is 0.274. The third-order valence-corrected chi connectivity index (χ3v) is 3.33. The number of benzene rings is 1. The minimum Gasteiger partial charge on any atom is -0.508 e. The van der Waals surface area contributed by atoms with Crippen LogP contribution >= 0.6 is 23.7 Å². The number of nitrogens with two attached hydrogens (primary N) is 1. The highest BCUT2D eigenvalue weighted by Crippen LogP contribution is 2.30. The fourth-order valence-corrected chi connectivity index (χ4v) is 2.28. The molecule has 2 aromatic rings. The predicted molar refractivity (Wildman–Crippen MR) is 70.4 cm³/mol. The summed E-state index contributed by atoms with van der Waals surface area (Å²) >= 11 is 1.60. The van der Waals surface area contributed by atoms with E-state index in [4.69, 9.17) is 5.73 Å². The van der Waals surface area contributed by atoms with Crippen LogP contribution in [0.3, 0.4) is 0 Å². The van der Waals surface area contributed by atoms with Crippen LogP contribution in [0.2, 0.25) is 0 Å². The van der Waals surface area contributed by atoms with Crippen molar-refractivity contribution < 1.29 is 5.11 Å². The molecule has 0 aliphatic rings. The Labute approximate surface area is 105 Å². The molecule has 0 bridgehead atoms. The SMILES string of the molecule is Cc1ccc([C@H](N)c2cccs2)c(O)c1.Cl. The van der Waals surface area contributed by atoms with E-state index in [9.17, 15) is 5.11 Å². The van der Waals surface area contributed by atoms with Gasteiger partial charge in [-0.3, -0.25) is 0 Å². The Hall–Kier alpha value is -1.03. The molecule has 0 spiro atoms. The molecule has 1 aromatic heterocycles. The van der Waals surface area contributed by atoms with Gasteiger partial charge in [0.1, 0.15) is 5.75 Å². The van der Waals surface area contributed by atoms with Gasteiger partial charge in [0.05, 0.1) is 6.04 Å². The van der Waals surface area contributed by atoms with Gasteiger partial charge >= 0.3 is 0 Å². The molecule has 0 fully saturated rings. The molecule has 86 valence electrons. The Bertz CT molecular complexity index is 456. The lowest BCUT2D eigenvalue weighted by atomic mass is 10.0. The predicted octanol–water partition coefficient (Wildman–Crippen LogP) is 3.23. The van der Waals surface area contributed by atoms with Crippen LogP contribution in [0.5, 0.6) is 5.75 Å². The second-order valence-corrected chi connectivity index (χ2v) is 4.53. The molecule has 1 heterocycles. The van der Waals surface area contributed by atoms with Crippen LogP contribution in [-0.2, 0) is 0 Å². The number of halogens is 1. The van der Waals surface area contributed by atoms with Gasteiger partial charge in [0.2, 0.25) is 0 Å². The van der Waals surface area contributed by atoms with Gasteiger partial charge in [-0.05, 0) is 30.0 Å². The van der Waals surface area contributed by atoms with Crippen molar-refractivity contribution in [1.29, 1.82) is 0 Å². The number of aryl methyl sites for hydroxylation is 1. The van der Waals surface area contributed by atoms with Crippen molar-refractivity contribution in [2.24, 2.45) is 5.73 Å². The Balaban J connectivity index is 0.00000128. The minimum absolute atomic E-state index is 0. The smallest absolute Gasteiger partial charge is 0.120 e. The maximum absolute atomic E-state index is 9.79. The molecule has 1 aromatic carbocycles. The van der Waals surface area contributed by atoms with Gasteiger partial charge in [-0.15, -0.1) is 23.7 Å². The summed E-state index contributed by atoms with van der Waals surface area (Å²) in [6.45, 7) is 1.94. The molecule has 0 aliphatic heterocycles. The number of rotatable bonds is 2. The Morgan fingerprint density at radius 2 is 2.06 bits per heavy atom. The standard InChI is InChI=1S/C12H13NOS.ClH/c1-8-4-5-9(10(14)7-8)12(13)11-3-2-6-15-11;/h2-7,12,14H,13H2,1H3;1H/t12-;/m0./s1. The van der Waals surface area contributed by atoms with Crippen molar-refractivity contribution in [3.8, 4) is 5.75 Å². The Kier molecular flexibility index (Phi) is 4.35. The van der Waals surface area contributed by atoms with Gasteiger partial charge in [0.15, 0.2) is 0 Å². The molecule has 1 atom stereocenters. The largest absolute Gasteiger partial charge is 0.508 e. The lowest BCUT2D eigenvalue weighted by Crippen LogP contribution is -2.10. The molecule has 0 unspecified atom stereocenters. The van der Waals surface area contributed by atoms with Gasteiger partial charge in [-0.1, -0.05) is 18.2 Å². The highest BCUT2D eigenvalue weighted by molar-refractivity contribution is 7.10. The van der Waals surface area contributed by atoms with Gasteiger partial charge in [0, 0.05) is 10.4 Å². The Morgan fingerprint density at radius 1 is 1.31 bits per heavy atom. The zero-order valence-corrected chi connectivity index (χ0v) is 10.5. The van der Waals surface area contributed by atoms with E-state index in [-0.39, 0.29) is 24.2 Å². The van der Waals surface area contributed by atoms with Crippen molar-refractivity contribution >= 4 is 23.7 Å². The van der Waals surface area contributed by atoms with Crippen LogP contribution in [0.1, 0.15) is 22.0 Å². The summed E-state index contributed by atoms with van der Waals surface area (Å²) in [4.78, 5) is 1.06. The van der Waals surface area contributed by atoms with Crippen molar-refractivity contribution in [2.75, 3.05) is 0 Å². The fraction of sp³-hybridized carbons (Fsp3) is 0.167. The van der Waals surface area contributed by atoms with E-state index in [0.717, 1.165) is 16.0 Å². The summed E-state index contributed by atoms with van der Waals surface area (Å²) in [5.41, 5.74) is 7.88. The normalized spacial score (nSPS) is 11.9. The third kappa shape index (κ3) is 2.55. The molecule has 0 saturated heterocycles. The van der Waals surface area contributed by atoms with E-state index >= 15 is 0 Å². The summed E-state index contributed by atoms with van der Waals surface area (Å²) in [6.07, 6.45) is 0. The number of hydrogen-bond donors (Lipinski definition) is 2. The molecule has 3 N–H and O–H groups in total. The van der Waals surface area contributed by atoms with Gasteiger partial charge < -0.3 is 10.8 Å². The van der Waals surface area contributed by atoms with Gasteiger partial charge in [-0.25, -0.2) is 0 Å². The second kappa shape index (κ2) is 5.34. The van der Waals surface area contributed by atoms with Gasteiger partial charge in [0.25, 0.3) is 0 Å². The second-order valence-electron chi connectivity index (χ2n) is 3.56. The third-order valence-electron chi connectivity index (χ3n) is 2.37. The topological polar surface area (TPSA) is 46.2 Å². The molecule has 4 heteroatoms. The summed E-state index contributed by atoms with van der Waals surface area (Å²) in [6, 6.07) is 9.30. The quantitative estimate of drug-likeness (QED) is 0.866. The number of aromatic hydroxyl groups is 1. The fourth-order valence-electron chi connectivity index (χ4n) is 1.54. The molecule has 0 aliphatic carbocycles. The maximum Gasteiger partial charge on any atom is 0.120 e. The molecular formula is C12H14ClNOS. The first-order valence-electron chi connectivity index (χ1n) is 4.77. The zero-order chi connectivity index (χ0) is 10.8. The van der Waals surface area contributed by atoms with E-state index in [1.165, 1.54) is 0 Å². The van der Waals surface area contributed by atoms with E-state index in [1.54, 1.807) is 17.4 Å². The van der Waals surface area contributed by atoms with Crippen LogP contribution in [0.4, 0.5) is 0 Å². The molecule has 0 radical (unpaired) electrons. The summed E-state index contributed by atoms with van der Waals surface area (Å²) in [7, 11) is 0. The monoisotopic (exact) mass is 255 g/mol. The number of hydrogen-bond acceptors (Lipinski definition) is 3. The first kappa shape index (κ1) is 13.0. The lowest BCUT2D eigenvalue weighted by molar-refractivity contribution is 0.465. The van der Waals surface area contributed by atoms with E-state index in [1.807, 2.05) is 36.6 Å². The summed E-state index contributed by atoms with van der Waals surface area (Å²) in [5, 5.41) is 11.8. The molecule has 16 heavy (non-hydrogen) atoms. The van der Waals surface area contributed by atoms with Crippen molar-refractivity contribution in [3.05, 3.63) is 51.7 Å². The van der Waals surface area contributed by atoms with E-state index in [0.29, 0.717) is 0 Å². The van der Waals surface area contributed by atoms with Crippen LogP contribution in [0.15, 0.2) is 35.7 Å². The highest BCUT2D eigenvalue weighted by Gasteiger charge is 2.13. The van der Waals surface area contributed by atoms with Crippen molar-refractivity contribution in [2.45, 2.75) is 13.0 Å². The molecule has 0 amide bonds. The maximum atomic E-state index is 9.79. The number of thiophene rings is 1. The van der Waals surface area contributed by atoms with Crippen LogP contribution < -0.4 is 5.73 Å². The van der Waals surface area contributed by atoms with Gasteiger partial charge in [-0.2, -0.15) is 0 Å². The zero-order valence-electron chi connectivity index (χ0n) is 8.88. The van der Waals surface area contributed by atoms with Crippen LogP contribution in [0.25, 0.3) is 0 Å². The van der Waals surface area contributed by atoms with Crippen LogP contribution in [0, 0.1) is 6.92 Å². The van der Waals surface area contributed by atoms with Crippen molar-refractivity contribution in [1.82, 2.24) is 0 Å². The molecule has 0 saturated carbocycles. The van der Waals surface area contributed by atoms with Crippen LogP contribution in [-0.4, -0.2) is 5.11 Å². The molecular weight excluding hydrogens is 242 g/mol. The molecule has 2 rings (SSSR count). The first-order chi connectivity index (χ1) is 7.18. The van der Waals surface area contributed by atoms with E-state index in [2.05, 4.69) is 0 Å². The molecule has 2 nitrogen and oxygen atoms in total. The number of phenolic OH excluding ortho intramolecular Hbond substituents is 1. The average Bonchev–Trinajstić information content (AvgIpc) is 2.69. The lowest BCUT2D eigenvalue weighted by Gasteiger charge is -2.12. The van der Waals surface area contributed by atoms with E-state index < -0.39 is 0 Å². The van der Waals surface area contributed by atoms with Crippen molar-refractivity contribution in [3.63, 3.8) is 0 Å². The number of phenols is 1. The minimum atomic E-state index is -0.231.